The van der Waals surface area contributed by atoms with Crippen LogP contribution in [0.1, 0.15) is 21.6 Å². The van der Waals surface area contributed by atoms with Gasteiger partial charge in [0.25, 0.3) is 5.91 Å². The Hall–Kier alpha value is -2.14. The fraction of sp³-hybridized carbons (Fsp3) is 0.375. The summed E-state index contributed by atoms with van der Waals surface area (Å²) in [6.07, 6.45) is 1.66. The number of carbonyl (C=O) groups excluding carboxylic acids is 1. The van der Waals surface area contributed by atoms with E-state index in [9.17, 15) is 4.79 Å². The molecule has 0 saturated heterocycles. The van der Waals surface area contributed by atoms with Crippen LogP contribution in [-0.4, -0.2) is 47.8 Å². The van der Waals surface area contributed by atoms with Gasteiger partial charge in [-0.3, -0.25) is 9.48 Å². The number of nitrogens with one attached hydrogen (secondary N) is 1. The minimum absolute atomic E-state index is 0.0158. The molecule has 21 heavy (non-hydrogen) atoms. The normalized spacial score (nSPS) is 10.6. The summed E-state index contributed by atoms with van der Waals surface area (Å²) in [5, 5.41) is 7.39. The van der Waals surface area contributed by atoms with E-state index in [1.807, 2.05) is 43.9 Å². The molecule has 0 radical (unpaired) electrons. The van der Waals surface area contributed by atoms with Crippen LogP contribution in [0.4, 0.5) is 0 Å². The van der Waals surface area contributed by atoms with Crippen molar-refractivity contribution in [3.63, 3.8) is 0 Å². The van der Waals surface area contributed by atoms with Crippen LogP contribution in [-0.2, 0) is 6.54 Å². The Kier molecular flexibility index (Phi) is 5.11. The van der Waals surface area contributed by atoms with Crippen LogP contribution in [0.15, 0.2) is 36.5 Å². The molecule has 0 spiro atoms. The van der Waals surface area contributed by atoms with Crippen molar-refractivity contribution in [3.05, 3.63) is 53.3 Å². The second-order valence-electron chi connectivity index (χ2n) is 5.12. The first-order valence-corrected chi connectivity index (χ1v) is 7.10. The largest absolute Gasteiger partial charge is 0.340 e. The molecule has 0 fully saturated rings. The smallest absolute Gasteiger partial charge is 0.257 e. The molecule has 0 aliphatic heterocycles. The van der Waals surface area contributed by atoms with E-state index in [4.69, 9.17) is 0 Å². The van der Waals surface area contributed by atoms with Gasteiger partial charge in [-0.1, -0.05) is 30.3 Å². The molecule has 1 amide bonds. The third kappa shape index (κ3) is 3.70. The second-order valence-corrected chi connectivity index (χ2v) is 5.12. The summed E-state index contributed by atoms with van der Waals surface area (Å²) < 4.78 is 1.87. The van der Waals surface area contributed by atoms with Gasteiger partial charge < -0.3 is 10.2 Å². The third-order valence-electron chi connectivity index (χ3n) is 3.55. The van der Waals surface area contributed by atoms with Gasteiger partial charge in [-0.2, -0.15) is 5.10 Å². The van der Waals surface area contributed by atoms with Gasteiger partial charge in [-0.05, 0) is 19.5 Å². The number of likely N-dealkylation sites (N-methyl/N-ethyl adjacent to an activating group) is 2. The lowest BCUT2D eigenvalue weighted by Gasteiger charge is -2.16. The van der Waals surface area contributed by atoms with E-state index < -0.39 is 0 Å². The summed E-state index contributed by atoms with van der Waals surface area (Å²) in [5.74, 6) is 0.0158. The maximum absolute atomic E-state index is 12.4. The number of nitrogens with zero attached hydrogens (tertiary/aromatic N) is 3. The van der Waals surface area contributed by atoms with Crippen molar-refractivity contribution in [2.45, 2.75) is 13.5 Å². The lowest BCUT2D eigenvalue weighted by molar-refractivity contribution is 0.0796. The van der Waals surface area contributed by atoms with Crippen molar-refractivity contribution in [3.8, 4) is 0 Å². The van der Waals surface area contributed by atoms with Gasteiger partial charge in [0.15, 0.2) is 0 Å². The quantitative estimate of drug-likeness (QED) is 0.876. The molecule has 0 saturated carbocycles. The van der Waals surface area contributed by atoms with Crippen molar-refractivity contribution in [1.82, 2.24) is 20.0 Å². The van der Waals surface area contributed by atoms with E-state index in [0.717, 1.165) is 12.2 Å². The van der Waals surface area contributed by atoms with Gasteiger partial charge in [-0.15, -0.1) is 0 Å². The average molecular weight is 286 g/mol. The monoisotopic (exact) mass is 286 g/mol. The highest BCUT2D eigenvalue weighted by atomic mass is 16.2. The van der Waals surface area contributed by atoms with Crippen LogP contribution in [0.25, 0.3) is 0 Å². The number of amides is 1. The van der Waals surface area contributed by atoms with Crippen LogP contribution in [0.2, 0.25) is 0 Å². The van der Waals surface area contributed by atoms with Gasteiger partial charge in [-0.25, -0.2) is 0 Å². The minimum Gasteiger partial charge on any atom is -0.340 e. The maximum atomic E-state index is 12.4. The number of hydrogen-bond acceptors (Lipinski definition) is 3. The molecular weight excluding hydrogens is 264 g/mol. The van der Waals surface area contributed by atoms with Gasteiger partial charge in [0, 0.05) is 25.8 Å². The van der Waals surface area contributed by atoms with Gasteiger partial charge in [0.2, 0.25) is 0 Å². The van der Waals surface area contributed by atoms with E-state index in [1.54, 1.807) is 11.1 Å². The molecule has 2 rings (SSSR count). The predicted molar refractivity (Wildman–Crippen MR) is 83.4 cm³/mol. The van der Waals surface area contributed by atoms with Crippen LogP contribution in [0.3, 0.4) is 0 Å². The van der Waals surface area contributed by atoms with Crippen LogP contribution >= 0.6 is 0 Å². The number of hydrogen-bond donors (Lipinski definition) is 1. The molecule has 0 aliphatic carbocycles. The number of aromatic nitrogens is 2. The van der Waals surface area contributed by atoms with Gasteiger partial charge in [0.05, 0.1) is 18.3 Å². The summed E-state index contributed by atoms with van der Waals surface area (Å²) in [7, 11) is 3.69. The zero-order chi connectivity index (χ0) is 15.2. The molecule has 1 aromatic carbocycles. The van der Waals surface area contributed by atoms with Gasteiger partial charge >= 0.3 is 0 Å². The molecular formula is C16H22N4O. The fourth-order valence-corrected chi connectivity index (χ4v) is 2.16. The lowest BCUT2D eigenvalue weighted by Crippen LogP contribution is -2.33. The van der Waals surface area contributed by atoms with Crippen molar-refractivity contribution < 1.29 is 4.79 Å². The van der Waals surface area contributed by atoms with E-state index in [2.05, 4.69) is 22.5 Å². The lowest BCUT2D eigenvalue weighted by atomic mass is 10.2. The Morgan fingerprint density at radius 3 is 2.71 bits per heavy atom. The highest BCUT2D eigenvalue weighted by Crippen LogP contribution is 2.12. The Balaban J connectivity index is 2.11. The van der Waals surface area contributed by atoms with E-state index in [-0.39, 0.29) is 5.91 Å². The first-order chi connectivity index (χ1) is 10.1. The Labute approximate surface area is 125 Å². The van der Waals surface area contributed by atoms with Gasteiger partial charge in [0.1, 0.15) is 0 Å². The average Bonchev–Trinajstić information content (AvgIpc) is 2.86. The Bertz CT molecular complexity index is 592. The van der Waals surface area contributed by atoms with E-state index in [0.29, 0.717) is 18.7 Å². The summed E-state index contributed by atoms with van der Waals surface area (Å²) >= 11 is 0. The highest BCUT2D eigenvalue weighted by Gasteiger charge is 2.17. The standard InChI is InChI=1S/C16H22N4O/c1-13-15(16(21)19(3)10-9-17-2)11-18-20(13)12-14-7-5-4-6-8-14/h4-8,11,17H,9-10,12H2,1-3H3. The topological polar surface area (TPSA) is 50.2 Å². The first-order valence-electron chi connectivity index (χ1n) is 7.10. The molecule has 1 heterocycles. The minimum atomic E-state index is 0.0158. The van der Waals surface area contributed by atoms with Crippen LogP contribution < -0.4 is 5.32 Å². The molecule has 2 aromatic rings. The molecule has 5 heteroatoms. The predicted octanol–water partition coefficient (Wildman–Crippen LogP) is 1.53. The van der Waals surface area contributed by atoms with Crippen molar-refractivity contribution in [2.24, 2.45) is 0 Å². The zero-order valence-corrected chi connectivity index (χ0v) is 12.8. The Morgan fingerprint density at radius 2 is 2.05 bits per heavy atom. The van der Waals surface area contributed by atoms with E-state index >= 15 is 0 Å². The van der Waals surface area contributed by atoms with Crippen molar-refractivity contribution in [1.29, 1.82) is 0 Å². The SMILES string of the molecule is CNCCN(C)C(=O)c1cnn(Cc2ccccc2)c1C. The van der Waals surface area contributed by atoms with Crippen molar-refractivity contribution in [2.75, 3.05) is 27.2 Å². The number of carbonyl (C=O) groups is 1. The zero-order valence-electron chi connectivity index (χ0n) is 12.8. The number of benzene rings is 1. The molecule has 1 N–H and O–H groups in total. The number of rotatable bonds is 6. The molecule has 5 nitrogen and oxygen atoms in total. The maximum Gasteiger partial charge on any atom is 0.257 e. The molecule has 0 aliphatic rings. The molecule has 0 bridgehead atoms. The summed E-state index contributed by atoms with van der Waals surface area (Å²) in [5.41, 5.74) is 2.75. The highest BCUT2D eigenvalue weighted by molar-refractivity contribution is 5.94. The first kappa shape index (κ1) is 15.3. The van der Waals surface area contributed by atoms with Crippen LogP contribution in [0.5, 0.6) is 0 Å². The summed E-state index contributed by atoms with van der Waals surface area (Å²) in [6, 6.07) is 10.1. The summed E-state index contributed by atoms with van der Waals surface area (Å²) in [4.78, 5) is 14.1. The Morgan fingerprint density at radius 1 is 1.33 bits per heavy atom. The fourth-order valence-electron chi connectivity index (χ4n) is 2.16. The summed E-state index contributed by atoms with van der Waals surface area (Å²) in [6.45, 7) is 4.08. The molecule has 0 atom stereocenters. The molecule has 112 valence electrons. The third-order valence-corrected chi connectivity index (χ3v) is 3.55. The van der Waals surface area contributed by atoms with Crippen molar-refractivity contribution >= 4 is 5.91 Å². The molecule has 0 unspecified atom stereocenters. The van der Waals surface area contributed by atoms with Crippen LogP contribution in [0, 0.1) is 6.92 Å². The second kappa shape index (κ2) is 7.04. The molecule has 1 aromatic heterocycles. The van der Waals surface area contributed by atoms with E-state index in [1.165, 1.54) is 5.56 Å².